The van der Waals surface area contributed by atoms with E-state index in [0.29, 0.717) is 0 Å². The average Bonchev–Trinajstić information content (AvgIpc) is 2.03. The van der Waals surface area contributed by atoms with Gasteiger partial charge in [-0.15, -0.1) is 11.8 Å². The molecular formula is C7H11N3S. The number of aromatic nitrogens is 2. The van der Waals surface area contributed by atoms with Crippen molar-refractivity contribution in [3.8, 4) is 0 Å². The van der Waals surface area contributed by atoms with E-state index in [0.717, 1.165) is 10.8 Å². The minimum Gasteiger partial charge on any atom is -0.327 e. The van der Waals surface area contributed by atoms with E-state index in [1.54, 1.807) is 24.3 Å². The van der Waals surface area contributed by atoms with Crippen LogP contribution in [0.2, 0.25) is 0 Å². The summed E-state index contributed by atoms with van der Waals surface area (Å²) in [4.78, 5) is 7.86. The first-order chi connectivity index (χ1) is 5.29. The normalized spacial score (nSPS) is 12.9. The van der Waals surface area contributed by atoms with Gasteiger partial charge in [0.25, 0.3) is 0 Å². The molecule has 0 saturated heterocycles. The molecule has 0 aliphatic carbocycles. The minimum absolute atomic E-state index is 0.218. The van der Waals surface area contributed by atoms with Gasteiger partial charge in [0.05, 0.1) is 5.03 Å². The molecule has 2 N–H and O–H groups in total. The smallest absolute Gasteiger partial charge is 0.116 e. The highest BCUT2D eigenvalue weighted by Gasteiger charge is 1.96. The predicted octanol–water partition coefficient (Wildman–Crippen LogP) is 0.916. The third-order valence-electron chi connectivity index (χ3n) is 1.05. The fourth-order valence-electron chi connectivity index (χ4n) is 0.581. The zero-order valence-corrected chi connectivity index (χ0v) is 7.21. The lowest BCUT2D eigenvalue weighted by Gasteiger charge is -2.02. The second-order valence-electron chi connectivity index (χ2n) is 2.34. The molecule has 0 bridgehead atoms. The summed E-state index contributed by atoms with van der Waals surface area (Å²) >= 11 is 1.65. The molecule has 1 aromatic heterocycles. The fraction of sp³-hybridized carbons (Fsp3) is 0.429. The number of rotatable bonds is 3. The van der Waals surface area contributed by atoms with Gasteiger partial charge < -0.3 is 5.73 Å². The molecule has 1 rings (SSSR count). The van der Waals surface area contributed by atoms with Crippen LogP contribution in [0, 0.1) is 0 Å². The number of nitrogens with two attached hydrogens (primary N) is 1. The van der Waals surface area contributed by atoms with Gasteiger partial charge in [-0.1, -0.05) is 0 Å². The second kappa shape index (κ2) is 4.31. The van der Waals surface area contributed by atoms with E-state index in [1.165, 1.54) is 0 Å². The van der Waals surface area contributed by atoms with Crippen LogP contribution < -0.4 is 5.73 Å². The van der Waals surface area contributed by atoms with Crippen LogP contribution in [0.5, 0.6) is 0 Å². The Bertz CT molecular complexity index is 200. The molecule has 0 aliphatic heterocycles. The van der Waals surface area contributed by atoms with E-state index < -0.39 is 0 Å². The van der Waals surface area contributed by atoms with Gasteiger partial charge in [-0.3, -0.25) is 0 Å². The lowest BCUT2D eigenvalue weighted by Crippen LogP contribution is -2.17. The van der Waals surface area contributed by atoms with E-state index in [9.17, 15) is 0 Å². The zero-order chi connectivity index (χ0) is 8.10. The Morgan fingerprint density at radius 3 is 3.09 bits per heavy atom. The van der Waals surface area contributed by atoms with Crippen LogP contribution in [0.3, 0.4) is 0 Å². The summed E-state index contributed by atoms with van der Waals surface area (Å²) in [5.74, 6) is 0.900. The van der Waals surface area contributed by atoms with Crippen LogP contribution in [0.4, 0.5) is 0 Å². The molecule has 0 radical (unpaired) electrons. The standard InChI is InChI=1S/C7H11N3S/c1-6(8)4-11-7-2-3-9-5-10-7/h2-3,5-6H,4,8H2,1H3/t6-/m1/s1. The van der Waals surface area contributed by atoms with Gasteiger partial charge in [-0.05, 0) is 13.0 Å². The van der Waals surface area contributed by atoms with Crippen molar-refractivity contribution in [2.24, 2.45) is 5.73 Å². The van der Waals surface area contributed by atoms with Crippen molar-refractivity contribution in [3.63, 3.8) is 0 Å². The largest absolute Gasteiger partial charge is 0.327 e. The Hall–Kier alpha value is -0.610. The molecule has 1 heterocycles. The van der Waals surface area contributed by atoms with Crippen LogP contribution in [0.25, 0.3) is 0 Å². The zero-order valence-electron chi connectivity index (χ0n) is 6.40. The Balaban J connectivity index is 2.39. The van der Waals surface area contributed by atoms with Crippen molar-refractivity contribution in [1.82, 2.24) is 9.97 Å². The Morgan fingerprint density at radius 2 is 2.55 bits per heavy atom. The highest BCUT2D eigenvalue weighted by Crippen LogP contribution is 2.13. The highest BCUT2D eigenvalue weighted by atomic mass is 32.2. The van der Waals surface area contributed by atoms with Crippen molar-refractivity contribution >= 4 is 11.8 Å². The third-order valence-corrected chi connectivity index (χ3v) is 2.28. The molecule has 1 atom stereocenters. The van der Waals surface area contributed by atoms with E-state index in [1.807, 2.05) is 13.0 Å². The summed E-state index contributed by atoms with van der Waals surface area (Å²) in [6, 6.07) is 2.10. The first-order valence-corrected chi connectivity index (χ1v) is 4.42. The van der Waals surface area contributed by atoms with Crippen molar-refractivity contribution in [3.05, 3.63) is 18.6 Å². The molecule has 11 heavy (non-hydrogen) atoms. The maximum atomic E-state index is 5.58. The summed E-state index contributed by atoms with van der Waals surface area (Å²) in [6.45, 7) is 1.98. The highest BCUT2D eigenvalue weighted by molar-refractivity contribution is 7.99. The van der Waals surface area contributed by atoms with Crippen molar-refractivity contribution in [1.29, 1.82) is 0 Å². The monoisotopic (exact) mass is 169 g/mol. The molecule has 0 amide bonds. The molecule has 0 unspecified atom stereocenters. The summed E-state index contributed by atoms with van der Waals surface area (Å²) in [6.07, 6.45) is 3.28. The molecule has 60 valence electrons. The quantitative estimate of drug-likeness (QED) is 0.540. The number of hydrogen-bond acceptors (Lipinski definition) is 4. The molecule has 1 aromatic rings. The number of nitrogens with zero attached hydrogens (tertiary/aromatic N) is 2. The van der Waals surface area contributed by atoms with E-state index in [4.69, 9.17) is 5.73 Å². The number of thioether (sulfide) groups is 1. The van der Waals surface area contributed by atoms with Crippen LogP contribution in [0.15, 0.2) is 23.6 Å². The summed E-state index contributed by atoms with van der Waals surface area (Å²) in [5.41, 5.74) is 5.58. The summed E-state index contributed by atoms with van der Waals surface area (Å²) in [5, 5.41) is 0.984. The fourth-order valence-corrected chi connectivity index (χ4v) is 1.29. The topological polar surface area (TPSA) is 51.8 Å². The summed E-state index contributed by atoms with van der Waals surface area (Å²) < 4.78 is 0. The van der Waals surface area contributed by atoms with Gasteiger partial charge in [0, 0.05) is 18.0 Å². The second-order valence-corrected chi connectivity index (χ2v) is 3.38. The lowest BCUT2D eigenvalue weighted by atomic mass is 10.4. The van der Waals surface area contributed by atoms with Crippen LogP contribution >= 0.6 is 11.8 Å². The maximum Gasteiger partial charge on any atom is 0.116 e. The number of hydrogen-bond donors (Lipinski definition) is 1. The van der Waals surface area contributed by atoms with Crippen LogP contribution in [0.1, 0.15) is 6.92 Å². The molecule has 0 fully saturated rings. The van der Waals surface area contributed by atoms with E-state index in [2.05, 4.69) is 9.97 Å². The third kappa shape index (κ3) is 3.34. The molecule has 3 nitrogen and oxygen atoms in total. The Labute approximate surface area is 70.4 Å². The van der Waals surface area contributed by atoms with Crippen molar-refractivity contribution in [2.45, 2.75) is 18.0 Å². The van der Waals surface area contributed by atoms with Gasteiger partial charge in [0.1, 0.15) is 6.33 Å². The van der Waals surface area contributed by atoms with Gasteiger partial charge in [-0.2, -0.15) is 0 Å². The van der Waals surface area contributed by atoms with E-state index in [-0.39, 0.29) is 6.04 Å². The lowest BCUT2D eigenvalue weighted by molar-refractivity contribution is 0.845. The maximum absolute atomic E-state index is 5.58. The molecular weight excluding hydrogens is 158 g/mol. The van der Waals surface area contributed by atoms with Crippen molar-refractivity contribution in [2.75, 3.05) is 5.75 Å². The molecule has 0 aromatic carbocycles. The predicted molar refractivity (Wildman–Crippen MR) is 46.4 cm³/mol. The first kappa shape index (κ1) is 8.49. The molecule has 0 saturated carbocycles. The van der Waals surface area contributed by atoms with Gasteiger partial charge in [-0.25, -0.2) is 9.97 Å². The van der Waals surface area contributed by atoms with Gasteiger partial charge in [0.2, 0.25) is 0 Å². The van der Waals surface area contributed by atoms with Crippen LogP contribution in [-0.2, 0) is 0 Å². The molecule has 4 heteroatoms. The van der Waals surface area contributed by atoms with E-state index >= 15 is 0 Å². The van der Waals surface area contributed by atoms with Crippen molar-refractivity contribution < 1.29 is 0 Å². The first-order valence-electron chi connectivity index (χ1n) is 3.43. The minimum atomic E-state index is 0.218. The Morgan fingerprint density at radius 1 is 1.73 bits per heavy atom. The molecule has 0 aliphatic rings. The van der Waals surface area contributed by atoms with Gasteiger partial charge >= 0.3 is 0 Å². The van der Waals surface area contributed by atoms with Gasteiger partial charge in [0.15, 0.2) is 0 Å². The van der Waals surface area contributed by atoms with Crippen LogP contribution in [-0.4, -0.2) is 21.8 Å². The Kier molecular flexibility index (Phi) is 3.32. The average molecular weight is 169 g/mol. The SMILES string of the molecule is C[C@@H](N)CSc1ccncn1. The summed E-state index contributed by atoms with van der Waals surface area (Å²) in [7, 11) is 0. The molecule has 0 spiro atoms.